The maximum absolute atomic E-state index is 13.2. The number of aromatic nitrogens is 2. The van der Waals surface area contributed by atoms with Crippen LogP contribution in [0.15, 0.2) is 28.6 Å². The Morgan fingerprint density at radius 3 is 2.61 bits per heavy atom. The number of nitrogens with zero attached hydrogens (tertiary/aromatic N) is 3. The summed E-state index contributed by atoms with van der Waals surface area (Å²) in [5.74, 6) is -0.351. The van der Waals surface area contributed by atoms with E-state index < -0.39 is 17.5 Å². The van der Waals surface area contributed by atoms with Crippen molar-refractivity contribution in [3.63, 3.8) is 0 Å². The van der Waals surface area contributed by atoms with Crippen LogP contribution in [0.25, 0.3) is 0 Å². The summed E-state index contributed by atoms with van der Waals surface area (Å²) < 4.78 is 5.34. The maximum atomic E-state index is 13.2. The Balaban J connectivity index is 1.31. The SMILES string of the molecule is COC(=O)c1ccc(CSc2nnc(NC(=O)CN3C(=O)N[C@]4(C[C@H](C)CC(C)(C)C4)C3=O)s2)cc1. The van der Waals surface area contributed by atoms with Gasteiger partial charge in [-0.15, -0.1) is 10.2 Å². The van der Waals surface area contributed by atoms with Gasteiger partial charge in [-0.2, -0.15) is 0 Å². The molecule has 2 atom stereocenters. The van der Waals surface area contributed by atoms with Crippen LogP contribution in [-0.2, 0) is 20.1 Å². The number of carbonyl (C=O) groups excluding carboxylic acids is 4. The molecule has 12 heteroatoms. The van der Waals surface area contributed by atoms with Crippen molar-refractivity contribution in [3.05, 3.63) is 35.4 Å². The first-order valence-corrected chi connectivity index (χ1v) is 13.4. The van der Waals surface area contributed by atoms with E-state index in [0.29, 0.717) is 28.5 Å². The number of ether oxygens (including phenoxy) is 1. The van der Waals surface area contributed by atoms with Gasteiger partial charge >= 0.3 is 12.0 Å². The van der Waals surface area contributed by atoms with E-state index >= 15 is 0 Å². The van der Waals surface area contributed by atoms with Crippen LogP contribution in [0.2, 0.25) is 0 Å². The molecule has 1 aliphatic carbocycles. The van der Waals surface area contributed by atoms with Crippen LogP contribution in [0.3, 0.4) is 0 Å². The van der Waals surface area contributed by atoms with Crippen molar-refractivity contribution in [1.82, 2.24) is 20.4 Å². The average molecular weight is 532 g/mol. The largest absolute Gasteiger partial charge is 0.465 e. The molecule has 36 heavy (non-hydrogen) atoms. The van der Waals surface area contributed by atoms with Crippen molar-refractivity contribution in [2.45, 2.75) is 55.7 Å². The molecule has 1 saturated carbocycles. The highest BCUT2D eigenvalue weighted by Crippen LogP contribution is 2.46. The number of hydrogen-bond acceptors (Lipinski definition) is 9. The summed E-state index contributed by atoms with van der Waals surface area (Å²) in [4.78, 5) is 51.0. The predicted molar refractivity (Wildman–Crippen MR) is 136 cm³/mol. The zero-order valence-corrected chi connectivity index (χ0v) is 22.3. The Bertz CT molecular complexity index is 1180. The summed E-state index contributed by atoms with van der Waals surface area (Å²) in [6.45, 7) is 5.90. The fraction of sp³-hybridized carbons (Fsp3) is 0.500. The number of benzene rings is 1. The van der Waals surface area contributed by atoms with Gasteiger partial charge in [0.2, 0.25) is 11.0 Å². The third kappa shape index (κ3) is 5.70. The number of imide groups is 1. The van der Waals surface area contributed by atoms with Gasteiger partial charge < -0.3 is 10.1 Å². The Kier molecular flexibility index (Phi) is 7.37. The summed E-state index contributed by atoms with van der Waals surface area (Å²) in [5, 5.41) is 13.9. The third-order valence-electron chi connectivity index (χ3n) is 6.32. The molecule has 2 aliphatic rings. The molecule has 2 heterocycles. The van der Waals surface area contributed by atoms with Crippen LogP contribution >= 0.6 is 23.1 Å². The molecular formula is C24H29N5O5S2. The van der Waals surface area contributed by atoms with Crippen molar-refractivity contribution < 1.29 is 23.9 Å². The van der Waals surface area contributed by atoms with Crippen molar-refractivity contribution in [2.75, 3.05) is 19.0 Å². The monoisotopic (exact) mass is 531 g/mol. The maximum Gasteiger partial charge on any atom is 0.337 e. The minimum atomic E-state index is -0.944. The number of rotatable bonds is 7. The third-order valence-corrected chi connectivity index (χ3v) is 8.36. The summed E-state index contributed by atoms with van der Waals surface area (Å²) in [6, 6.07) is 6.53. The lowest BCUT2D eigenvalue weighted by Gasteiger charge is -2.43. The van der Waals surface area contributed by atoms with E-state index in [1.54, 1.807) is 12.1 Å². The van der Waals surface area contributed by atoms with Crippen molar-refractivity contribution >= 4 is 52.0 Å². The van der Waals surface area contributed by atoms with E-state index in [4.69, 9.17) is 4.74 Å². The molecule has 10 nitrogen and oxygen atoms in total. The molecule has 4 amide bonds. The summed E-state index contributed by atoms with van der Waals surface area (Å²) in [5.41, 5.74) is 0.439. The fourth-order valence-corrected chi connectivity index (χ4v) is 6.99. The molecule has 2 fully saturated rings. The highest BCUT2D eigenvalue weighted by molar-refractivity contribution is 8.00. The molecule has 1 aromatic heterocycles. The zero-order valence-electron chi connectivity index (χ0n) is 20.6. The van der Waals surface area contributed by atoms with Gasteiger partial charge in [0.25, 0.3) is 5.91 Å². The molecule has 1 saturated heterocycles. The van der Waals surface area contributed by atoms with Gasteiger partial charge in [-0.25, -0.2) is 9.59 Å². The first-order chi connectivity index (χ1) is 17.0. The molecule has 2 N–H and O–H groups in total. The first-order valence-electron chi connectivity index (χ1n) is 11.6. The van der Waals surface area contributed by atoms with Gasteiger partial charge in [-0.05, 0) is 48.3 Å². The summed E-state index contributed by atoms with van der Waals surface area (Å²) in [7, 11) is 1.34. The first kappa shape index (κ1) is 26.1. The predicted octanol–water partition coefficient (Wildman–Crippen LogP) is 3.69. The van der Waals surface area contributed by atoms with E-state index in [1.807, 2.05) is 12.1 Å². The Morgan fingerprint density at radius 1 is 1.22 bits per heavy atom. The lowest BCUT2D eigenvalue weighted by atomic mass is 9.64. The lowest BCUT2D eigenvalue weighted by molar-refractivity contribution is -0.136. The Morgan fingerprint density at radius 2 is 1.94 bits per heavy atom. The Hall–Kier alpha value is -2.99. The number of hydrogen-bond donors (Lipinski definition) is 2. The zero-order chi connectivity index (χ0) is 26.1. The minimum absolute atomic E-state index is 0.0805. The number of nitrogens with one attached hydrogen (secondary N) is 2. The number of amides is 4. The van der Waals surface area contributed by atoms with E-state index in [1.165, 1.54) is 30.2 Å². The summed E-state index contributed by atoms with van der Waals surface area (Å²) in [6.07, 6.45) is 2.10. The second-order valence-electron chi connectivity index (χ2n) is 10.2. The van der Waals surface area contributed by atoms with E-state index in [-0.39, 0.29) is 34.9 Å². The number of carbonyl (C=O) groups is 4. The average Bonchev–Trinajstić information content (AvgIpc) is 3.33. The quantitative estimate of drug-likeness (QED) is 0.239. The van der Waals surface area contributed by atoms with Gasteiger partial charge in [0.15, 0.2) is 4.34 Å². The number of methoxy groups -OCH3 is 1. The number of esters is 1. The molecule has 0 unspecified atom stereocenters. The Labute approximate surface area is 217 Å². The minimum Gasteiger partial charge on any atom is -0.465 e. The van der Waals surface area contributed by atoms with Gasteiger partial charge in [0, 0.05) is 5.75 Å². The number of urea groups is 1. The van der Waals surface area contributed by atoms with Crippen LogP contribution in [0.4, 0.5) is 9.93 Å². The summed E-state index contributed by atoms with van der Waals surface area (Å²) >= 11 is 2.64. The second kappa shape index (κ2) is 10.2. The smallest absolute Gasteiger partial charge is 0.337 e. The second-order valence-corrected chi connectivity index (χ2v) is 12.4. The molecule has 2 aromatic rings. The van der Waals surface area contributed by atoms with Crippen LogP contribution in [-0.4, -0.2) is 58.1 Å². The molecule has 192 valence electrons. The van der Waals surface area contributed by atoms with Gasteiger partial charge in [0.05, 0.1) is 12.7 Å². The molecule has 1 aliphatic heterocycles. The van der Waals surface area contributed by atoms with Crippen LogP contribution in [0.1, 0.15) is 56.0 Å². The van der Waals surface area contributed by atoms with Crippen LogP contribution in [0.5, 0.6) is 0 Å². The molecular weight excluding hydrogens is 502 g/mol. The number of anilines is 1. The highest BCUT2D eigenvalue weighted by Gasteiger charge is 2.56. The van der Waals surface area contributed by atoms with Crippen molar-refractivity contribution in [3.8, 4) is 0 Å². The highest BCUT2D eigenvalue weighted by atomic mass is 32.2. The van der Waals surface area contributed by atoms with Crippen LogP contribution < -0.4 is 10.6 Å². The molecule has 4 rings (SSSR count). The van der Waals surface area contributed by atoms with Crippen LogP contribution in [0, 0.1) is 11.3 Å². The topological polar surface area (TPSA) is 131 Å². The molecule has 0 radical (unpaired) electrons. The fourth-order valence-electron chi connectivity index (χ4n) is 5.27. The standard InChI is InChI=1S/C24H29N5O5S2/c1-14-9-23(2,3)13-24(10-14)19(32)29(21(33)26-24)11-17(30)25-20-27-28-22(36-20)35-12-15-5-7-16(8-6-15)18(31)34-4/h5-8,14H,9-13H2,1-4H3,(H,26,33)(H,25,27,30)/t14-,24+/m1/s1. The molecule has 1 spiro atoms. The lowest BCUT2D eigenvalue weighted by Crippen LogP contribution is -2.54. The van der Waals surface area contributed by atoms with Gasteiger partial charge in [-0.1, -0.05) is 56.0 Å². The number of thioether (sulfide) groups is 1. The van der Waals surface area contributed by atoms with E-state index in [0.717, 1.165) is 16.9 Å². The van der Waals surface area contributed by atoms with Crippen molar-refractivity contribution in [2.24, 2.45) is 11.3 Å². The molecule has 1 aromatic carbocycles. The van der Waals surface area contributed by atoms with Gasteiger partial charge in [-0.3, -0.25) is 19.8 Å². The van der Waals surface area contributed by atoms with Gasteiger partial charge in [0.1, 0.15) is 12.1 Å². The molecule has 0 bridgehead atoms. The normalized spacial score (nSPS) is 23.0. The van der Waals surface area contributed by atoms with E-state index in [2.05, 4.69) is 41.6 Å². The van der Waals surface area contributed by atoms with E-state index in [9.17, 15) is 19.2 Å². The van der Waals surface area contributed by atoms with Crippen molar-refractivity contribution in [1.29, 1.82) is 0 Å².